The predicted octanol–water partition coefficient (Wildman–Crippen LogP) is 2.42. The summed E-state index contributed by atoms with van der Waals surface area (Å²) in [4.78, 5) is 18.8. The van der Waals surface area contributed by atoms with Crippen LogP contribution in [0.1, 0.15) is 5.82 Å². The van der Waals surface area contributed by atoms with Gasteiger partial charge in [0.2, 0.25) is 0 Å². The molecule has 0 bridgehead atoms. The van der Waals surface area contributed by atoms with Gasteiger partial charge in [-0.15, -0.1) is 0 Å². The molecule has 0 fully saturated rings. The zero-order chi connectivity index (χ0) is 14.2. The maximum absolute atomic E-state index is 10.9. The Hall–Kier alpha value is -1.34. The standard InChI is InChI=1S/C13H18N4OS2/c1-14-13(18)17-20-9-8-19-7-6-12-15-10-4-2-3-5-11(10)16-12/h2-5H,6-9H2,1H3,(H,15,16)(H2,14,17,18). The summed E-state index contributed by atoms with van der Waals surface area (Å²) in [6.45, 7) is 0. The van der Waals surface area contributed by atoms with Gasteiger partial charge in [0.1, 0.15) is 5.82 Å². The topological polar surface area (TPSA) is 69.8 Å². The molecule has 1 aromatic heterocycles. The van der Waals surface area contributed by atoms with Crippen molar-refractivity contribution in [3.05, 3.63) is 30.1 Å². The molecule has 0 aliphatic heterocycles. The third-order valence-corrected chi connectivity index (χ3v) is 4.63. The van der Waals surface area contributed by atoms with E-state index in [1.807, 2.05) is 36.0 Å². The van der Waals surface area contributed by atoms with Crippen molar-refractivity contribution in [2.75, 3.05) is 24.3 Å². The summed E-state index contributed by atoms with van der Waals surface area (Å²) in [5.74, 6) is 3.97. The Morgan fingerprint density at radius 1 is 1.30 bits per heavy atom. The molecule has 0 saturated heterocycles. The third-order valence-electron chi connectivity index (χ3n) is 2.64. The summed E-state index contributed by atoms with van der Waals surface area (Å²) in [6.07, 6.45) is 0.937. The fourth-order valence-corrected chi connectivity index (χ4v) is 3.34. The molecule has 7 heteroatoms. The van der Waals surface area contributed by atoms with Crippen molar-refractivity contribution in [2.45, 2.75) is 6.42 Å². The molecule has 1 aromatic carbocycles. The summed E-state index contributed by atoms with van der Waals surface area (Å²) in [6, 6.07) is 7.92. The Balaban J connectivity index is 1.60. The van der Waals surface area contributed by atoms with Crippen LogP contribution in [0, 0.1) is 0 Å². The minimum Gasteiger partial charge on any atom is -0.342 e. The number of thioether (sulfide) groups is 1. The monoisotopic (exact) mass is 310 g/mol. The predicted molar refractivity (Wildman–Crippen MR) is 87.2 cm³/mol. The van der Waals surface area contributed by atoms with E-state index >= 15 is 0 Å². The minimum atomic E-state index is -0.151. The summed E-state index contributed by atoms with van der Waals surface area (Å²) in [7, 11) is 1.61. The zero-order valence-corrected chi connectivity index (χ0v) is 12.9. The number of H-pyrrole nitrogens is 1. The lowest BCUT2D eigenvalue weighted by atomic mass is 10.3. The molecule has 0 radical (unpaired) electrons. The number of imidazole rings is 1. The maximum Gasteiger partial charge on any atom is 0.324 e. The number of aromatic amines is 1. The number of benzene rings is 1. The second-order valence-electron chi connectivity index (χ2n) is 4.09. The number of carbonyl (C=O) groups excluding carboxylic acids is 1. The van der Waals surface area contributed by atoms with E-state index in [4.69, 9.17) is 0 Å². The van der Waals surface area contributed by atoms with Crippen LogP contribution in [0.4, 0.5) is 4.79 Å². The molecule has 0 spiro atoms. The van der Waals surface area contributed by atoms with Crippen molar-refractivity contribution in [1.82, 2.24) is 20.0 Å². The van der Waals surface area contributed by atoms with Crippen LogP contribution in [0.25, 0.3) is 11.0 Å². The molecule has 2 aromatic rings. The number of hydrogen-bond acceptors (Lipinski definition) is 4. The van der Waals surface area contributed by atoms with E-state index in [0.717, 1.165) is 40.5 Å². The summed E-state index contributed by atoms with van der Waals surface area (Å²) in [5.41, 5.74) is 2.12. The number of amides is 2. The van der Waals surface area contributed by atoms with E-state index in [2.05, 4.69) is 20.0 Å². The molecule has 2 rings (SSSR count). The quantitative estimate of drug-likeness (QED) is 0.542. The number of aromatic nitrogens is 2. The average Bonchev–Trinajstić information content (AvgIpc) is 2.88. The van der Waals surface area contributed by atoms with Gasteiger partial charge < -0.3 is 10.3 Å². The highest BCUT2D eigenvalue weighted by molar-refractivity contribution is 8.02. The summed E-state index contributed by atoms with van der Waals surface area (Å²) >= 11 is 3.29. The van der Waals surface area contributed by atoms with Crippen LogP contribution >= 0.6 is 23.7 Å². The Bertz CT molecular complexity index is 525. The first-order valence-corrected chi connectivity index (χ1v) is 8.54. The summed E-state index contributed by atoms with van der Waals surface area (Å²) < 4.78 is 2.69. The third kappa shape index (κ3) is 4.64. The molecular weight excluding hydrogens is 292 g/mol. The van der Waals surface area contributed by atoms with Crippen molar-refractivity contribution in [3.63, 3.8) is 0 Å². The molecule has 5 nitrogen and oxygen atoms in total. The van der Waals surface area contributed by atoms with Crippen LogP contribution in [0.2, 0.25) is 0 Å². The highest BCUT2D eigenvalue weighted by Crippen LogP contribution is 2.12. The van der Waals surface area contributed by atoms with Gasteiger partial charge in [0, 0.05) is 30.7 Å². The van der Waals surface area contributed by atoms with E-state index in [9.17, 15) is 4.79 Å². The van der Waals surface area contributed by atoms with Gasteiger partial charge in [-0.05, 0) is 24.1 Å². The molecule has 1 heterocycles. The lowest BCUT2D eigenvalue weighted by Crippen LogP contribution is -2.27. The Kier molecular flexibility index (Phi) is 6.07. The van der Waals surface area contributed by atoms with Gasteiger partial charge in [0.25, 0.3) is 0 Å². The Labute approximate surface area is 126 Å². The molecule has 108 valence electrons. The number of hydrogen-bond donors (Lipinski definition) is 3. The first-order chi connectivity index (χ1) is 9.79. The molecular formula is C13H18N4OS2. The van der Waals surface area contributed by atoms with Crippen molar-refractivity contribution in [1.29, 1.82) is 0 Å². The van der Waals surface area contributed by atoms with Crippen LogP contribution < -0.4 is 10.0 Å². The lowest BCUT2D eigenvalue weighted by Gasteiger charge is -2.02. The fourth-order valence-electron chi connectivity index (χ4n) is 1.66. The number of fused-ring (bicyclic) bond motifs is 1. The fraction of sp³-hybridized carbons (Fsp3) is 0.385. The van der Waals surface area contributed by atoms with Crippen LogP contribution in [-0.2, 0) is 6.42 Å². The maximum atomic E-state index is 10.9. The first-order valence-electron chi connectivity index (χ1n) is 6.40. The molecule has 3 N–H and O–H groups in total. The van der Waals surface area contributed by atoms with Crippen molar-refractivity contribution in [2.24, 2.45) is 0 Å². The molecule has 0 aliphatic carbocycles. The van der Waals surface area contributed by atoms with Crippen molar-refractivity contribution in [3.8, 4) is 0 Å². The number of para-hydroxylation sites is 2. The van der Waals surface area contributed by atoms with Gasteiger partial charge >= 0.3 is 6.03 Å². The molecule has 0 atom stereocenters. The molecule has 0 unspecified atom stereocenters. The number of aryl methyl sites for hydroxylation is 1. The van der Waals surface area contributed by atoms with Crippen LogP contribution in [0.5, 0.6) is 0 Å². The molecule has 0 saturated carbocycles. The van der Waals surface area contributed by atoms with Gasteiger partial charge in [0.05, 0.1) is 11.0 Å². The van der Waals surface area contributed by atoms with Gasteiger partial charge in [-0.3, -0.25) is 4.72 Å². The van der Waals surface area contributed by atoms with Crippen molar-refractivity contribution < 1.29 is 4.79 Å². The average molecular weight is 310 g/mol. The van der Waals surface area contributed by atoms with E-state index in [0.29, 0.717) is 0 Å². The number of nitrogens with one attached hydrogen (secondary N) is 3. The number of nitrogens with zero attached hydrogens (tertiary/aromatic N) is 1. The van der Waals surface area contributed by atoms with Gasteiger partial charge in [-0.1, -0.05) is 12.1 Å². The zero-order valence-electron chi connectivity index (χ0n) is 11.3. The highest BCUT2D eigenvalue weighted by Gasteiger charge is 2.01. The minimum absolute atomic E-state index is 0.151. The largest absolute Gasteiger partial charge is 0.342 e. The smallest absolute Gasteiger partial charge is 0.324 e. The Morgan fingerprint density at radius 2 is 2.15 bits per heavy atom. The highest BCUT2D eigenvalue weighted by atomic mass is 32.2. The molecule has 20 heavy (non-hydrogen) atoms. The van der Waals surface area contributed by atoms with Gasteiger partial charge in [-0.2, -0.15) is 11.8 Å². The summed E-state index contributed by atoms with van der Waals surface area (Å²) in [5, 5.41) is 2.51. The van der Waals surface area contributed by atoms with Crippen LogP contribution in [0.15, 0.2) is 24.3 Å². The van der Waals surface area contributed by atoms with Crippen molar-refractivity contribution >= 4 is 40.8 Å². The number of carbonyl (C=O) groups is 1. The SMILES string of the molecule is CNC(=O)NSCCSCCc1nc2ccccc2[nH]1. The van der Waals surface area contributed by atoms with E-state index < -0.39 is 0 Å². The van der Waals surface area contributed by atoms with Crippen LogP contribution in [-0.4, -0.2) is 40.3 Å². The number of urea groups is 1. The number of rotatable bonds is 7. The van der Waals surface area contributed by atoms with Crippen LogP contribution in [0.3, 0.4) is 0 Å². The van der Waals surface area contributed by atoms with Gasteiger partial charge in [-0.25, -0.2) is 9.78 Å². The van der Waals surface area contributed by atoms with Gasteiger partial charge in [0.15, 0.2) is 0 Å². The second-order valence-corrected chi connectivity index (χ2v) is 6.22. The normalized spacial score (nSPS) is 10.7. The lowest BCUT2D eigenvalue weighted by molar-refractivity contribution is 0.248. The first kappa shape index (κ1) is 15.1. The van der Waals surface area contributed by atoms with E-state index in [-0.39, 0.29) is 6.03 Å². The van der Waals surface area contributed by atoms with E-state index in [1.54, 1.807) is 7.05 Å². The molecule has 2 amide bonds. The second kappa shape index (κ2) is 8.06. The molecule has 0 aliphatic rings. The van der Waals surface area contributed by atoms with E-state index in [1.165, 1.54) is 11.9 Å². The Morgan fingerprint density at radius 3 is 2.95 bits per heavy atom.